The molecule has 1 N–H and O–H groups in total. The maximum Gasteiger partial charge on any atom is 0.249 e. The van der Waals surface area contributed by atoms with Gasteiger partial charge in [-0.3, -0.25) is 9.10 Å². The van der Waals surface area contributed by atoms with Crippen LogP contribution in [0.5, 0.6) is 5.75 Å². The van der Waals surface area contributed by atoms with Gasteiger partial charge in [0.2, 0.25) is 15.9 Å². The van der Waals surface area contributed by atoms with Crippen LogP contribution in [0.1, 0.15) is 19.8 Å². The van der Waals surface area contributed by atoms with E-state index >= 15 is 0 Å². The fourth-order valence-corrected chi connectivity index (χ4v) is 5.14. The van der Waals surface area contributed by atoms with Gasteiger partial charge in [-0.15, -0.1) is 0 Å². The smallest absolute Gasteiger partial charge is 0.249 e. The monoisotopic (exact) mass is 400 g/mol. The number of carbonyl (C=O) groups excluding carboxylic acids is 1. The van der Waals surface area contributed by atoms with Gasteiger partial charge >= 0.3 is 0 Å². The summed E-state index contributed by atoms with van der Waals surface area (Å²) in [6.07, 6.45) is 2.51. The van der Waals surface area contributed by atoms with Crippen molar-refractivity contribution in [3.63, 3.8) is 0 Å². The lowest BCUT2D eigenvalue weighted by atomic mass is 10.0. The number of carbonyl (C=O) groups is 1. The van der Waals surface area contributed by atoms with E-state index in [1.54, 1.807) is 54.6 Å². The van der Waals surface area contributed by atoms with E-state index < -0.39 is 20.7 Å². The second-order valence-corrected chi connectivity index (χ2v) is 9.12. The molecular formula is C21H24N2O4S. The Morgan fingerprint density at radius 1 is 1.21 bits per heavy atom. The van der Waals surface area contributed by atoms with Crippen molar-refractivity contribution in [3.8, 4) is 5.75 Å². The lowest BCUT2D eigenvalue weighted by Gasteiger charge is -2.39. The molecule has 6 nitrogen and oxygen atoms in total. The first-order valence-corrected chi connectivity index (χ1v) is 10.5. The lowest BCUT2D eigenvalue weighted by Crippen LogP contribution is -2.57. The predicted molar refractivity (Wildman–Crippen MR) is 111 cm³/mol. The minimum absolute atomic E-state index is 0.269. The Morgan fingerprint density at radius 3 is 2.54 bits per heavy atom. The van der Waals surface area contributed by atoms with E-state index in [9.17, 15) is 13.2 Å². The van der Waals surface area contributed by atoms with Gasteiger partial charge < -0.3 is 10.1 Å². The maximum absolute atomic E-state index is 13.3. The number of para-hydroxylation sites is 1. The average Bonchev–Trinajstić information content (AvgIpc) is 2.70. The Morgan fingerprint density at radius 2 is 1.89 bits per heavy atom. The average molecular weight is 400 g/mol. The zero-order chi connectivity index (χ0) is 20.2. The Bertz CT molecular complexity index is 942. The number of anilines is 2. The predicted octanol–water partition coefficient (Wildman–Crippen LogP) is 3.58. The molecule has 0 radical (unpaired) electrons. The fraction of sp³-hybridized carbons (Fsp3) is 0.286. The first-order valence-electron chi connectivity index (χ1n) is 9.11. The zero-order valence-corrected chi connectivity index (χ0v) is 16.6. The summed E-state index contributed by atoms with van der Waals surface area (Å²) in [7, 11) is -3.87. The second kappa shape index (κ2) is 8.06. The number of hydrogen-bond acceptors (Lipinski definition) is 4. The number of nitrogens with one attached hydrogen (secondary N) is 1. The number of amides is 1. The molecule has 0 aliphatic carbocycles. The molecule has 7 heteroatoms. The van der Waals surface area contributed by atoms with E-state index in [0.717, 1.165) is 0 Å². The van der Waals surface area contributed by atoms with Crippen molar-refractivity contribution >= 4 is 27.3 Å². The number of hydrogen-bond donors (Lipinski definition) is 1. The van der Waals surface area contributed by atoms with Crippen molar-refractivity contribution in [1.29, 1.82) is 0 Å². The van der Waals surface area contributed by atoms with Crippen LogP contribution in [0.15, 0.2) is 67.3 Å². The molecule has 148 valence electrons. The number of ether oxygens (including phenoxy) is 1. The van der Waals surface area contributed by atoms with Gasteiger partial charge in [0.15, 0.2) is 4.75 Å². The summed E-state index contributed by atoms with van der Waals surface area (Å²) < 4.78 is 31.8. The van der Waals surface area contributed by atoms with Crippen molar-refractivity contribution in [2.75, 3.05) is 22.8 Å². The van der Waals surface area contributed by atoms with E-state index in [2.05, 4.69) is 11.9 Å². The second-order valence-electron chi connectivity index (χ2n) is 6.83. The van der Waals surface area contributed by atoms with Gasteiger partial charge in [0.1, 0.15) is 12.4 Å². The molecule has 0 saturated carbocycles. The van der Waals surface area contributed by atoms with E-state index in [4.69, 9.17) is 4.74 Å². The molecule has 0 bridgehead atoms. The Hall–Kier alpha value is -2.80. The minimum Gasteiger partial charge on any atom is -0.490 e. The van der Waals surface area contributed by atoms with Crippen molar-refractivity contribution in [3.05, 3.63) is 67.3 Å². The summed E-state index contributed by atoms with van der Waals surface area (Å²) in [5, 5.41) is 2.74. The molecule has 1 heterocycles. The molecular weight excluding hydrogens is 376 g/mol. The van der Waals surface area contributed by atoms with Gasteiger partial charge in [0.25, 0.3) is 0 Å². The molecule has 1 aliphatic rings. The maximum atomic E-state index is 13.3. The molecule has 0 unspecified atom stereocenters. The van der Waals surface area contributed by atoms with Crippen LogP contribution < -0.4 is 14.4 Å². The van der Waals surface area contributed by atoms with E-state index in [-0.39, 0.29) is 6.42 Å². The SMILES string of the molecule is C=CCOc1ccc(NC(=O)[C@]2(C)CCCN(c3ccccc3)S2(=O)=O)cc1. The molecule has 2 aromatic carbocycles. The Labute approximate surface area is 165 Å². The molecule has 28 heavy (non-hydrogen) atoms. The highest BCUT2D eigenvalue weighted by Crippen LogP contribution is 2.36. The number of nitrogens with zero attached hydrogens (tertiary/aromatic N) is 1. The largest absolute Gasteiger partial charge is 0.490 e. The topological polar surface area (TPSA) is 75.7 Å². The number of benzene rings is 2. The van der Waals surface area contributed by atoms with Crippen molar-refractivity contribution in [2.24, 2.45) is 0 Å². The highest BCUT2D eigenvalue weighted by Gasteiger charge is 2.51. The normalized spacial score (nSPS) is 21.0. The van der Waals surface area contributed by atoms with E-state index in [1.165, 1.54) is 11.2 Å². The third-order valence-corrected chi connectivity index (χ3v) is 7.38. The minimum atomic E-state index is -3.87. The summed E-state index contributed by atoms with van der Waals surface area (Å²) in [6.45, 7) is 5.84. The van der Waals surface area contributed by atoms with Crippen LogP contribution in [-0.2, 0) is 14.8 Å². The van der Waals surface area contributed by atoms with Crippen molar-refractivity contribution in [1.82, 2.24) is 0 Å². The van der Waals surface area contributed by atoms with Crippen molar-refractivity contribution < 1.29 is 17.9 Å². The fourth-order valence-electron chi connectivity index (χ4n) is 3.20. The van der Waals surface area contributed by atoms with Gasteiger partial charge in [-0.1, -0.05) is 30.9 Å². The summed E-state index contributed by atoms with van der Waals surface area (Å²) in [4.78, 5) is 13.0. The number of rotatable bonds is 6. The van der Waals surface area contributed by atoms with Gasteiger partial charge in [-0.05, 0) is 56.2 Å². The molecule has 1 atom stereocenters. The lowest BCUT2D eigenvalue weighted by molar-refractivity contribution is -0.118. The molecule has 1 aliphatic heterocycles. The van der Waals surface area contributed by atoms with Crippen LogP contribution in [0.3, 0.4) is 0 Å². The quantitative estimate of drug-likeness (QED) is 0.752. The summed E-state index contributed by atoms with van der Waals surface area (Å²) in [5.41, 5.74) is 1.09. The van der Waals surface area contributed by atoms with Crippen molar-refractivity contribution in [2.45, 2.75) is 24.5 Å². The molecule has 0 aromatic heterocycles. The van der Waals surface area contributed by atoms with E-state index in [0.29, 0.717) is 36.7 Å². The van der Waals surface area contributed by atoms with Crippen LogP contribution in [0.2, 0.25) is 0 Å². The zero-order valence-electron chi connectivity index (χ0n) is 15.8. The highest BCUT2D eigenvalue weighted by atomic mass is 32.2. The van der Waals surface area contributed by atoms with E-state index in [1.807, 2.05) is 6.07 Å². The van der Waals surface area contributed by atoms with Crippen LogP contribution in [0, 0.1) is 0 Å². The third-order valence-electron chi connectivity index (χ3n) is 4.88. The van der Waals surface area contributed by atoms with Crippen LogP contribution >= 0.6 is 0 Å². The van der Waals surface area contributed by atoms with Crippen LogP contribution in [-0.4, -0.2) is 32.2 Å². The van der Waals surface area contributed by atoms with Gasteiger partial charge in [-0.2, -0.15) is 0 Å². The number of sulfonamides is 1. The highest BCUT2D eigenvalue weighted by molar-refractivity contribution is 7.95. The molecule has 1 saturated heterocycles. The van der Waals surface area contributed by atoms with Gasteiger partial charge in [0.05, 0.1) is 5.69 Å². The molecule has 1 fully saturated rings. The summed E-state index contributed by atoms with van der Waals surface area (Å²) >= 11 is 0. The Kier molecular flexibility index (Phi) is 5.74. The summed E-state index contributed by atoms with van der Waals surface area (Å²) in [5.74, 6) is 0.109. The summed E-state index contributed by atoms with van der Waals surface area (Å²) in [6, 6.07) is 15.7. The third kappa shape index (κ3) is 3.75. The first-order chi connectivity index (χ1) is 13.4. The van der Waals surface area contributed by atoms with Gasteiger partial charge in [-0.25, -0.2) is 8.42 Å². The van der Waals surface area contributed by atoms with Crippen LogP contribution in [0.25, 0.3) is 0 Å². The van der Waals surface area contributed by atoms with Gasteiger partial charge in [0, 0.05) is 12.2 Å². The molecule has 3 rings (SSSR count). The molecule has 2 aromatic rings. The Balaban J connectivity index is 1.80. The first kappa shape index (κ1) is 19.9. The van der Waals surface area contributed by atoms with Crippen LogP contribution in [0.4, 0.5) is 11.4 Å². The molecule has 0 spiro atoms. The standard InChI is InChI=1S/C21H24N2O4S/c1-3-16-27-19-12-10-17(11-13-19)22-20(24)21(2)14-7-15-23(28(21,25)26)18-8-5-4-6-9-18/h3-6,8-13H,1,7,14-16H2,2H3,(H,22,24)/t21-/m0/s1. The molecule has 1 amide bonds.